The summed E-state index contributed by atoms with van der Waals surface area (Å²) in [5.41, 5.74) is 1.74. The predicted molar refractivity (Wildman–Crippen MR) is 125 cm³/mol. The zero-order valence-corrected chi connectivity index (χ0v) is 19.1. The van der Waals surface area contributed by atoms with Gasteiger partial charge in [-0.05, 0) is 29.7 Å². The summed E-state index contributed by atoms with van der Waals surface area (Å²) in [6, 6.07) is 14.0. The van der Waals surface area contributed by atoms with E-state index in [2.05, 4.69) is 15.7 Å². The number of amides is 2. The molecular weight excluding hydrogens is 444 g/mol. The fourth-order valence-corrected chi connectivity index (χ4v) is 3.13. The molecule has 2 amide bonds. The number of nitrogens with one attached hydrogen (secondary N) is 2. The lowest BCUT2D eigenvalue weighted by molar-refractivity contribution is -0.119. The van der Waals surface area contributed by atoms with Crippen LogP contribution in [0.25, 0.3) is 0 Å². The van der Waals surface area contributed by atoms with Crippen molar-refractivity contribution < 1.29 is 19.1 Å². The number of nitrogens with zero attached hydrogens (tertiary/aromatic N) is 2. The number of halogens is 1. The van der Waals surface area contributed by atoms with Gasteiger partial charge in [-0.3, -0.25) is 14.3 Å². The monoisotopic (exact) mass is 468 g/mol. The molecule has 0 fully saturated rings. The normalized spacial score (nSPS) is 10.7. The molecule has 0 spiro atoms. The molecule has 2 N–H and O–H groups in total. The van der Waals surface area contributed by atoms with Gasteiger partial charge in [-0.25, -0.2) is 4.79 Å². The number of aromatic nitrogens is 2. The highest BCUT2D eigenvalue weighted by atomic mass is 35.5. The van der Waals surface area contributed by atoms with Crippen molar-refractivity contribution in [1.29, 1.82) is 0 Å². The molecule has 0 saturated heterocycles. The van der Waals surface area contributed by atoms with Gasteiger partial charge < -0.3 is 15.4 Å². The van der Waals surface area contributed by atoms with Crippen LogP contribution in [0.4, 0.5) is 5.69 Å². The van der Waals surface area contributed by atoms with Crippen molar-refractivity contribution in [3.05, 3.63) is 82.6 Å². The Morgan fingerprint density at radius 1 is 1.09 bits per heavy atom. The zero-order valence-electron chi connectivity index (χ0n) is 18.4. The summed E-state index contributed by atoms with van der Waals surface area (Å²) in [6.07, 6.45) is 2.89. The highest BCUT2D eigenvalue weighted by Gasteiger charge is 2.16. The fraction of sp³-hybridized carbons (Fsp3) is 0.250. The molecule has 1 heterocycles. The Labute approximate surface area is 196 Å². The minimum absolute atomic E-state index is 0.211. The van der Waals surface area contributed by atoms with Crippen LogP contribution in [0, 0.1) is 5.92 Å². The SMILES string of the molecule is CC(C)CNC(=O)c1ccccc1NC(=O)COC(=O)c1cnn(Cc2ccccc2Cl)c1. The van der Waals surface area contributed by atoms with Gasteiger partial charge >= 0.3 is 5.97 Å². The highest BCUT2D eigenvalue weighted by Crippen LogP contribution is 2.17. The number of para-hydroxylation sites is 1. The number of rotatable bonds is 9. The highest BCUT2D eigenvalue weighted by molar-refractivity contribution is 6.31. The molecule has 0 bridgehead atoms. The quantitative estimate of drug-likeness (QED) is 0.465. The zero-order chi connectivity index (χ0) is 23.8. The number of esters is 1. The summed E-state index contributed by atoms with van der Waals surface area (Å²) in [5.74, 6) is -1.24. The summed E-state index contributed by atoms with van der Waals surface area (Å²) in [4.78, 5) is 37.0. The van der Waals surface area contributed by atoms with E-state index in [1.165, 1.54) is 12.4 Å². The number of carbonyl (C=O) groups is 3. The van der Waals surface area contributed by atoms with Gasteiger partial charge in [-0.15, -0.1) is 0 Å². The lowest BCUT2D eigenvalue weighted by atomic mass is 10.1. The van der Waals surface area contributed by atoms with Gasteiger partial charge in [-0.2, -0.15) is 5.10 Å². The van der Waals surface area contributed by atoms with E-state index in [1.807, 2.05) is 32.0 Å². The van der Waals surface area contributed by atoms with Crippen LogP contribution in [0.3, 0.4) is 0 Å². The first-order chi connectivity index (χ1) is 15.8. The smallest absolute Gasteiger partial charge is 0.341 e. The molecule has 3 aromatic rings. The molecule has 0 atom stereocenters. The minimum atomic E-state index is -0.682. The van der Waals surface area contributed by atoms with Crippen LogP contribution in [-0.4, -0.2) is 40.7 Å². The van der Waals surface area contributed by atoms with Crippen molar-refractivity contribution in [2.75, 3.05) is 18.5 Å². The van der Waals surface area contributed by atoms with Gasteiger partial charge in [-0.1, -0.05) is 55.8 Å². The first kappa shape index (κ1) is 24.0. The largest absolute Gasteiger partial charge is 0.452 e. The molecule has 0 aliphatic heterocycles. The number of hydrogen-bond donors (Lipinski definition) is 2. The maximum absolute atomic E-state index is 12.4. The molecule has 8 nitrogen and oxygen atoms in total. The van der Waals surface area contributed by atoms with Crippen molar-refractivity contribution >= 4 is 35.1 Å². The third kappa shape index (κ3) is 6.92. The van der Waals surface area contributed by atoms with E-state index in [0.717, 1.165) is 5.56 Å². The summed E-state index contributed by atoms with van der Waals surface area (Å²) >= 11 is 6.15. The molecule has 3 rings (SSSR count). The summed E-state index contributed by atoms with van der Waals surface area (Å²) in [7, 11) is 0. The Morgan fingerprint density at radius 2 is 1.82 bits per heavy atom. The average molecular weight is 469 g/mol. The number of benzene rings is 2. The Balaban J connectivity index is 1.54. The van der Waals surface area contributed by atoms with Crippen molar-refractivity contribution in [3.8, 4) is 0 Å². The lowest BCUT2D eigenvalue weighted by Gasteiger charge is -2.12. The Kier molecular flexibility index (Phi) is 8.21. The van der Waals surface area contributed by atoms with Crippen molar-refractivity contribution in [2.24, 2.45) is 5.92 Å². The molecule has 0 aliphatic carbocycles. The Morgan fingerprint density at radius 3 is 2.58 bits per heavy atom. The summed E-state index contributed by atoms with van der Waals surface area (Å²) < 4.78 is 6.66. The number of ether oxygens (including phenoxy) is 1. The van der Waals surface area contributed by atoms with Gasteiger partial charge in [0.1, 0.15) is 0 Å². The Bertz CT molecular complexity index is 1140. The molecule has 2 aromatic carbocycles. The van der Waals surface area contributed by atoms with E-state index in [-0.39, 0.29) is 11.5 Å². The second-order valence-electron chi connectivity index (χ2n) is 7.79. The molecule has 172 valence electrons. The molecule has 0 radical (unpaired) electrons. The third-order valence-electron chi connectivity index (χ3n) is 4.61. The van der Waals surface area contributed by atoms with Crippen molar-refractivity contribution in [3.63, 3.8) is 0 Å². The number of carbonyl (C=O) groups excluding carboxylic acids is 3. The van der Waals surface area contributed by atoms with Gasteiger partial charge in [0, 0.05) is 17.8 Å². The van der Waals surface area contributed by atoms with Crippen LogP contribution < -0.4 is 10.6 Å². The third-order valence-corrected chi connectivity index (χ3v) is 4.98. The van der Waals surface area contributed by atoms with Gasteiger partial charge in [0.05, 0.1) is 29.6 Å². The second kappa shape index (κ2) is 11.3. The van der Waals surface area contributed by atoms with Gasteiger partial charge in [0.15, 0.2) is 6.61 Å². The van der Waals surface area contributed by atoms with E-state index in [0.29, 0.717) is 35.3 Å². The molecule has 0 aliphatic rings. The van der Waals surface area contributed by atoms with Crippen molar-refractivity contribution in [1.82, 2.24) is 15.1 Å². The minimum Gasteiger partial charge on any atom is -0.452 e. The molecule has 33 heavy (non-hydrogen) atoms. The maximum Gasteiger partial charge on any atom is 0.341 e. The fourth-order valence-electron chi connectivity index (χ4n) is 2.94. The van der Waals surface area contributed by atoms with Crippen LogP contribution in [0.15, 0.2) is 60.9 Å². The van der Waals surface area contributed by atoms with E-state index in [1.54, 1.807) is 35.0 Å². The van der Waals surface area contributed by atoms with Crippen LogP contribution >= 0.6 is 11.6 Å². The van der Waals surface area contributed by atoms with Crippen LogP contribution in [0.2, 0.25) is 5.02 Å². The van der Waals surface area contributed by atoms with E-state index < -0.39 is 18.5 Å². The van der Waals surface area contributed by atoms with Crippen LogP contribution in [0.5, 0.6) is 0 Å². The molecule has 9 heteroatoms. The molecular formula is C24H25ClN4O4. The molecule has 0 saturated carbocycles. The molecule has 0 unspecified atom stereocenters. The summed E-state index contributed by atoms with van der Waals surface area (Å²) in [6.45, 7) is 4.38. The topological polar surface area (TPSA) is 102 Å². The van der Waals surface area contributed by atoms with Gasteiger partial charge in [0.25, 0.3) is 11.8 Å². The maximum atomic E-state index is 12.4. The predicted octanol–water partition coefficient (Wildman–Crippen LogP) is 3.77. The van der Waals surface area contributed by atoms with Crippen LogP contribution in [0.1, 0.15) is 40.1 Å². The van der Waals surface area contributed by atoms with E-state index in [9.17, 15) is 14.4 Å². The number of hydrogen-bond acceptors (Lipinski definition) is 5. The summed E-state index contributed by atoms with van der Waals surface area (Å²) in [5, 5.41) is 10.2. The average Bonchev–Trinajstić information content (AvgIpc) is 3.26. The van der Waals surface area contributed by atoms with Crippen molar-refractivity contribution in [2.45, 2.75) is 20.4 Å². The molecule has 1 aromatic heterocycles. The van der Waals surface area contributed by atoms with E-state index in [4.69, 9.17) is 16.3 Å². The lowest BCUT2D eigenvalue weighted by Crippen LogP contribution is -2.29. The Hall–Kier alpha value is -3.65. The first-order valence-corrected chi connectivity index (χ1v) is 10.8. The van der Waals surface area contributed by atoms with E-state index >= 15 is 0 Å². The number of anilines is 1. The second-order valence-corrected chi connectivity index (χ2v) is 8.20. The van der Waals surface area contributed by atoms with Gasteiger partial charge in [0.2, 0.25) is 0 Å². The van der Waals surface area contributed by atoms with Crippen LogP contribution in [-0.2, 0) is 16.1 Å². The standard InChI is InChI=1S/C24H25ClN4O4/c1-16(2)11-26-23(31)19-8-4-6-10-21(19)28-22(30)15-33-24(32)18-12-27-29(14-18)13-17-7-3-5-9-20(17)25/h3-10,12,14,16H,11,13,15H2,1-2H3,(H,26,31)(H,28,30). The first-order valence-electron chi connectivity index (χ1n) is 10.4.